The van der Waals surface area contributed by atoms with Crippen molar-refractivity contribution in [3.63, 3.8) is 0 Å². The molecular formula is C35H43Br3N6O5. The molecule has 264 valence electrons. The van der Waals surface area contributed by atoms with Crippen molar-refractivity contribution in [3.8, 4) is 0 Å². The minimum atomic E-state index is -0.793. The van der Waals surface area contributed by atoms with E-state index in [4.69, 9.17) is 5.11 Å². The molecule has 0 aromatic heterocycles. The van der Waals surface area contributed by atoms with Crippen molar-refractivity contribution in [3.05, 3.63) is 60.9 Å². The highest BCUT2D eigenvalue weighted by Crippen LogP contribution is 2.34. The maximum absolute atomic E-state index is 14.2. The second-order valence-electron chi connectivity index (χ2n) is 13.6. The number of hydrogen-bond donors (Lipinski definition) is 2. The number of halogens is 3. The lowest BCUT2D eigenvalue weighted by molar-refractivity contribution is -0.143. The number of anilines is 1. The predicted octanol–water partition coefficient (Wildman–Crippen LogP) is 5.25. The van der Waals surface area contributed by atoms with E-state index in [1.165, 1.54) is 0 Å². The summed E-state index contributed by atoms with van der Waals surface area (Å²) in [6.07, 6.45) is 3.71. The van der Waals surface area contributed by atoms with Crippen LogP contribution in [0.3, 0.4) is 0 Å². The van der Waals surface area contributed by atoms with Crippen molar-refractivity contribution in [1.82, 2.24) is 24.5 Å². The summed E-state index contributed by atoms with van der Waals surface area (Å²) in [5.74, 6) is -1.29. The van der Waals surface area contributed by atoms with Gasteiger partial charge in [0.15, 0.2) is 0 Å². The number of carbonyl (C=O) groups is 4. The van der Waals surface area contributed by atoms with Gasteiger partial charge >= 0.3 is 12.0 Å². The van der Waals surface area contributed by atoms with Crippen LogP contribution in [0, 0.1) is 5.92 Å². The first-order valence-electron chi connectivity index (χ1n) is 17.1. The standard InChI is InChI=1S/C35H43Br3N6O5/c36-28-18-23(19-29(37)33(28)38)17-25(34(48)43-11-5-26(6-12-43)41-15-13-40(14-16-41)22-32(46)47)20-31(45)42-9-7-27(8-10-42)44-21-24-3-1-2-4-30(24)39-35(44)49/h1-4,18-19,25-27H,5-17,20-22H2,(H,39,49)(H,46,47)/t25-/m1/s1. The molecule has 2 N–H and O–H groups in total. The van der Waals surface area contributed by atoms with E-state index in [0.29, 0.717) is 58.0 Å². The number of nitrogens with one attached hydrogen (secondary N) is 1. The van der Waals surface area contributed by atoms with Gasteiger partial charge in [-0.2, -0.15) is 0 Å². The van der Waals surface area contributed by atoms with E-state index in [0.717, 1.165) is 69.3 Å². The molecule has 0 spiro atoms. The second kappa shape index (κ2) is 16.2. The molecule has 6 rings (SSSR count). The fraction of sp³-hybridized carbons (Fsp3) is 0.543. The van der Waals surface area contributed by atoms with Gasteiger partial charge in [-0.25, -0.2) is 4.79 Å². The van der Waals surface area contributed by atoms with Crippen molar-refractivity contribution in [2.45, 2.75) is 57.2 Å². The van der Waals surface area contributed by atoms with Crippen LogP contribution >= 0.6 is 47.8 Å². The summed E-state index contributed by atoms with van der Waals surface area (Å²) in [5, 5.41) is 12.1. The van der Waals surface area contributed by atoms with Crippen molar-refractivity contribution >= 4 is 77.3 Å². The number of likely N-dealkylation sites (tertiary alicyclic amines) is 2. The van der Waals surface area contributed by atoms with Gasteiger partial charge in [-0.15, -0.1) is 0 Å². The number of hydrogen-bond acceptors (Lipinski definition) is 6. The monoisotopic (exact) mass is 864 g/mol. The molecule has 14 heteroatoms. The van der Waals surface area contributed by atoms with E-state index >= 15 is 0 Å². The number of fused-ring (bicyclic) bond motifs is 1. The van der Waals surface area contributed by atoms with E-state index in [-0.39, 0.29) is 36.9 Å². The zero-order valence-corrected chi connectivity index (χ0v) is 32.2. The number of aliphatic carboxylic acids is 1. The molecule has 3 fully saturated rings. The van der Waals surface area contributed by atoms with Crippen molar-refractivity contribution in [1.29, 1.82) is 0 Å². The molecule has 0 bridgehead atoms. The number of piperazine rings is 1. The first-order valence-corrected chi connectivity index (χ1v) is 19.5. The molecule has 4 amide bonds. The van der Waals surface area contributed by atoms with Gasteiger partial charge in [-0.3, -0.25) is 24.2 Å². The van der Waals surface area contributed by atoms with Crippen molar-refractivity contribution in [2.24, 2.45) is 5.92 Å². The van der Waals surface area contributed by atoms with E-state index in [2.05, 4.69) is 58.0 Å². The van der Waals surface area contributed by atoms with Gasteiger partial charge in [-0.1, -0.05) is 18.2 Å². The Hall–Kier alpha value is -2.52. The van der Waals surface area contributed by atoms with Crippen LogP contribution in [0.1, 0.15) is 43.2 Å². The Morgan fingerprint density at radius 3 is 2.10 bits per heavy atom. The maximum atomic E-state index is 14.2. The van der Waals surface area contributed by atoms with Crippen LogP contribution < -0.4 is 5.32 Å². The molecule has 11 nitrogen and oxygen atoms in total. The van der Waals surface area contributed by atoms with Gasteiger partial charge < -0.3 is 25.1 Å². The molecule has 1 atom stereocenters. The molecule has 2 aromatic rings. The van der Waals surface area contributed by atoms with Crippen LogP contribution in [0.15, 0.2) is 49.8 Å². The highest BCUT2D eigenvalue weighted by Gasteiger charge is 2.36. The zero-order chi connectivity index (χ0) is 34.7. The van der Waals surface area contributed by atoms with Gasteiger partial charge in [-0.05, 0) is 109 Å². The summed E-state index contributed by atoms with van der Waals surface area (Å²) in [5.41, 5.74) is 2.92. The molecule has 4 aliphatic heterocycles. The van der Waals surface area contributed by atoms with Crippen LogP contribution in [0.25, 0.3) is 0 Å². The quantitative estimate of drug-likeness (QED) is 0.331. The lowest BCUT2D eigenvalue weighted by Gasteiger charge is -2.43. The molecule has 2 aromatic carbocycles. The Labute approximate surface area is 312 Å². The molecule has 0 unspecified atom stereocenters. The molecular weight excluding hydrogens is 824 g/mol. The number of urea groups is 1. The summed E-state index contributed by atoms with van der Waals surface area (Å²) in [6.45, 7) is 6.18. The van der Waals surface area contributed by atoms with Gasteiger partial charge in [0, 0.05) is 96.5 Å². The van der Waals surface area contributed by atoms with Crippen molar-refractivity contribution in [2.75, 3.05) is 64.2 Å². The first kappa shape index (κ1) is 36.3. The fourth-order valence-corrected chi connectivity index (χ4v) is 9.24. The molecule has 4 heterocycles. The third-order valence-electron chi connectivity index (χ3n) is 10.5. The summed E-state index contributed by atoms with van der Waals surface area (Å²) >= 11 is 10.8. The number of carboxylic acids is 1. The normalized spacial score (nSPS) is 20.6. The lowest BCUT2D eigenvalue weighted by Crippen LogP contribution is -2.55. The van der Waals surface area contributed by atoms with Gasteiger partial charge in [0.1, 0.15) is 0 Å². The molecule has 0 radical (unpaired) electrons. The van der Waals surface area contributed by atoms with Crippen LogP contribution in [0.2, 0.25) is 0 Å². The van der Waals surface area contributed by atoms with E-state index in [9.17, 15) is 19.2 Å². The first-order chi connectivity index (χ1) is 23.5. The molecule has 3 saturated heterocycles. The van der Waals surface area contributed by atoms with E-state index in [1.807, 2.05) is 56.0 Å². The Morgan fingerprint density at radius 1 is 0.837 bits per heavy atom. The van der Waals surface area contributed by atoms with E-state index < -0.39 is 11.9 Å². The number of nitrogens with zero attached hydrogens (tertiary/aromatic N) is 5. The minimum absolute atomic E-state index is 0.0189. The highest BCUT2D eigenvalue weighted by atomic mass is 79.9. The predicted molar refractivity (Wildman–Crippen MR) is 197 cm³/mol. The fourth-order valence-electron chi connectivity index (χ4n) is 7.73. The third-order valence-corrected chi connectivity index (χ3v) is 13.6. The van der Waals surface area contributed by atoms with Gasteiger partial charge in [0.25, 0.3) is 0 Å². The second-order valence-corrected chi connectivity index (χ2v) is 16.1. The third kappa shape index (κ3) is 8.87. The summed E-state index contributed by atoms with van der Waals surface area (Å²) < 4.78 is 2.66. The topological polar surface area (TPSA) is 117 Å². The van der Waals surface area contributed by atoms with Crippen LogP contribution in [0.5, 0.6) is 0 Å². The average Bonchev–Trinajstić information content (AvgIpc) is 3.10. The number of rotatable bonds is 9. The number of carbonyl (C=O) groups excluding carboxylic acids is 3. The molecule has 0 saturated carbocycles. The van der Waals surface area contributed by atoms with Crippen LogP contribution in [-0.4, -0.2) is 124 Å². The number of para-hydroxylation sites is 1. The molecule has 49 heavy (non-hydrogen) atoms. The Morgan fingerprint density at radius 2 is 1.45 bits per heavy atom. The highest BCUT2D eigenvalue weighted by molar-refractivity contribution is 9.14. The minimum Gasteiger partial charge on any atom is -0.480 e. The number of piperidine rings is 2. The molecule has 0 aliphatic carbocycles. The number of amides is 4. The smallest absolute Gasteiger partial charge is 0.322 e. The van der Waals surface area contributed by atoms with E-state index in [1.54, 1.807) is 0 Å². The SMILES string of the molecule is O=C(O)CN1CCN(C2CCN(C(=O)[C@@H](CC(=O)N3CCC(N4Cc5ccccc5NC4=O)CC3)Cc3cc(Br)c(Br)c(Br)c3)CC2)CC1. The Kier molecular flexibility index (Phi) is 12.0. The van der Waals surface area contributed by atoms with Gasteiger partial charge in [0.05, 0.1) is 12.5 Å². The van der Waals surface area contributed by atoms with Crippen LogP contribution in [0.4, 0.5) is 10.5 Å². The summed E-state index contributed by atoms with van der Waals surface area (Å²) in [7, 11) is 0. The Bertz CT molecular complexity index is 1530. The average molecular weight is 867 g/mol. The van der Waals surface area contributed by atoms with Crippen molar-refractivity contribution < 1.29 is 24.3 Å². The summed E-state index contributed by atoms with van der Waals surface area (Å²) in [6, 6.07) is 12.2. The van der Waals surface area contributed by atoms with Crippen LogP contribution in [-0.2, 0) is 27.3 Å². The number of benzene rings is 2. The lowest BCUT2D eigenvalue weighted by atomic mass is 9.92. The zero-order valence-electron chi connectivity index (χ0n) is 27.5. The number of carboxylic acid groups (broad SMARTS) is 1. The summed E-state index contributed by atoms with van der Waals surface area (Å²) in [4.78, 5) is 62.1. The van der Waals surface area contributed by atoms with Gasteiger partial charge in [0.2, 0.25) is 11.8 Å². The maximum Gasteiger partial charge on any atom is 0.322 e. The Balaban J connectivity index is 1.07. The largest absolute Gasteiger partial charge is 0.480 e. The molecule has 4 aliphatic rings.